The normalized spacial score (nSPS) is 15.5. The summed E-state index contributed by atoms with van der Waals surface area (Å²) in [7, 11) is 6.55. The molecule has 0 atom stereocenters. The van der Waals surface area contributed by atoms with E-state index in [0.29, 0.717) is 19.0 Å². The van der Waals surface area contributed by atoms with Crippen molar-refractivity contribution < 1.29 is 27.4 Å². The van der Waals surface area contributed by atoms with Gasteiger partial charge in [0.15, 0.2) is 24.1 Å². The van der Waals surface area contributed by atoms with Crippen molar-refractivity contribution in [3.05, 3.63) is 23.8 Å². The highest BCUT2D eigenvalue weighted by Gasteiger charge is 2.42. The number of amides is 1. The van der Waals surface area contributed by atoms with Gasteiger partial charge in [0.05, 0.1) is 12.5 Å². The number of hydrogen-bond donors (Lipinski definition) is 2. The number of methoxy groups -OCH3 is 1. The van der Waals surface area contributed by atoms with Gasteiger partial charge in [0.25, 0.3) is 0 Å². The summed E-state index contributed by atoms with van der Waals surface area (Å²) in [5.74, 6) is 0.894. The third-order valence-corrected chi connectivity index (χ3v) is 5.32. The van der Waals surface area contributed by atoms with E-state index in [1.54, 1.807) is 38.2 Å². The molecule has 11 heteroatoms. The molecule has 2 rings (SSSR count). The molecule has 1 fully saturated rings. The molecule has 0 heterocycles. The van der Waals surface area contributed by atoms with Crippen LogP contribution in [-0.2, 0) is 11.3 Å². The molecular formula is C21H32F3IN4O3. The summed E-state index contributed by atoms with van der Waals surface area (Å²) >= 11 is 0. The van der Waals surface area contributed by atoms with Gasteiger partial charge in [0.2, 0.25) is 5.91 Å². The second kappa shape index (κ2) is 12.4. The maximum atomic E-state index is 12.7. The molecule has 1 amide bonds. The van der Waals surface area contributed by atoms with Crippen LogP contribution < -0.4 is 20.1 Å². The number of carbonyl (C=O) groups excluding carboxylic acids is 1. The molecule has 0 aliphatic heterocycles. The number of carbonyl (C=O) groups is 1. The first-order chi connectivity index (χ1) is 14.6. The van der Waals surface area contributed by atoms with Crippen LogP contribution in [-0.4, -0.2) is 64.3 Å². The fourth-order valence-corrected chi connectivity index (χ4v) is 3.75. The summed E-state index contributed by atoms with van der Waals surface area (Å²) in [6, 6.07) is 4.71. The zero-order chi connectivity index (χ0) is 23.1. The van der Waals surface area contributed by atoms with Gasteiger partial charge in [-0.25, -0.2) is 0 Å². The second-order valence-corrected chi connectivity index (χ2v) is 7.86. The molecule has 1 aromatic carbocycles. The van der Waals surface area contributed by atoms with E-state index in [2.05, 4.69) is 15.6 Å². The van der Waals surface area contributed by atoms with Crippen molar-refractivity contribution in [3.8, 4) is 11.5 Å². The number of ether oxygens (including phenoxy) is 2. The lowest BCUT2D eigenvalue weighted by Gasteiger charge is -2.31. The Morgan fingerprint density at radius 1 is 1.19 bits per heavy atom. The second-order valence-electron chi connectivity index (χ2n) is 7.86. The van der Waals surface area contributed by atoms with Crippen molar-refractivity contribution >= 4 is 35.8 Å². The predicted molar refractivity (Wildman–Crippen MR) is 128 cm³/mol. The Labute approximate surface area is 204 Å². The Morgan fingerprint density at radius 2 is 1.84 bits per heavy atom. The number of hydrogen-bond acceptors (Lipinski definition) is 4. The first kappa shape index (κ1) is 28.1. The van der Waals surface area contributed by atoms with Crippen molar-refractivity contribution in [1.82, 2.24) is 15.5 Å². The van der Waals surface area contributed by atoms with Gasteiger partial charge in [0.1, 0.15) is 0 Å². The number of aliphatic imine (C=N–C) groups is 1. The minimum absolute atomic E-state index is 0. The number of nitrogens with zero attached hydrogens (tertiary/aromatic N) is 2. The standard InChI is InChI=1S/C21H31F3N4O3.HI/c1-25-19(27-13-20(9-5-6-10-20)18(29)28(2)3)26-12-15-7-8-16(17(11-15)30-4)31-14-21(22,23)24;/h7-8,11H,5-6,9-10,12-14H2,1-4H3,(H2,25,26,27);1H. The van der Waals surface area contributed by atoms with Crippen LogP contribution in [0.5, 0.6) is 11.5 Å². The molecule has 182 valence electrons. The number of nitrogens with one attached hydrogen (secondary N) is 2. The topological polar surface area (TPSA) is 75.2 Å². The minimum atomic E-state index is -4.42. The van der Waals surface area contributed by atoms with Gasteiger partial charge in [-0.2, -0.15) is 13.2 Å². The number of guanidine groups is 1. The summed E-state index contributed by atoms with van der Waals surface area (Å²) < 4.78 is 47.1. The highest BCUT2D eigenvalue weighted by molar-refractivity contribution is 14.0. The molecule has 1 aromatic rings. The Kier molecular flexibility index (Phi) is 10.9. The van der Waals surface area contributed by atoms with Crippen LogP contribution in [0.15, 0.2) is 23.2 Å². The molecule has 32 heavy (non-hydrogen) atoms. The van der Waals surface area contributed by atoms with Crippen LogP contribution in [0.4, 0.5) is 13.2 Å². The number of benzene rings is 1. The summed E-state index contributed by atoms with van der Waals surface area (Å²) in [4.78, 5) is 18.5. The molecule has 0 spiro atoms. The maximum Gasteiger partial charge on any atom is 0.422 e. The molecule has 7 nitrogen and oxygen atoms in total. The largest absolute Gasteiger partial charge is 0.493 e. The van der Waals surface area contributed by atoms with E-state index in [0.717, 1.165) is 31.2 Å². The smallest absolute Gasteiger partial charge is 0.422 e. The maximum absolute atomic E-state index is 12.7. The zero-order valence-corrected chi connectivity index (χ0v) is 21.2. The molecule has 0 aromatic heterocycles. The molecule has 2 N–H and O–H groups in total. The highest BCUT2D eigenvalue weighted by atomic mass is 127. The van der Waals surface area contributed by atoms with Gasteiger partial charge in [-0.15, -0.1) is 24.0 Å². The quantitative estimate of drug-likeness (QED) is 0.283. The van der Waals surface area contributed by atoms with Gasteiger partial charge in [-0.1, -0.05) is 18.9 Å². The first-order valence-corrected chi connectivity index (χ1v) is 10.1. The highest BCUT2D eigenvalue weighted by Crippen LogP contribution is 2.39. The summed E-state index contributed by atoms with van der Waals surface area (Å²) in [5, 5.41) is 6.41. The monoisotopic (exact) mass is 572 g/mol. The van der Waals surface area contributed by atoms with Crippen molar-refractivity contribution in [2.24, 2.45) is 10.4 Å². The van der Waals surface area contributed by atoms with E-state index < -0.39 is 18.2 Å². The van der Waals surface area contributed by atoms with Crippen LogP contribution in [0.3, 0.4) is 0 Å². The van der Waals surface area contributed by atoms with Gasteiger partial charge in [-0.05, 0) is 30.5 Å². The average Bonchev–Trinajstić information content (AvgIpc) is 3.21. The van der Waals surface area contributed by atoms with Gasteiger partial charge < -0.3 is 25.0 Å². The van der Waals surface area contributed by atoms with Crippen molar-refractivity contribution in [1.29, 1.82) is 0 Å². The Balaban J connectivity index is 0.00000512. The molecule has 1 aliphatic rings. The third-order valence-electron chi connectivity index (χ3n) is 5.32. The molecule has 0 unspecified atom stereocenters. The molecular weight excluding hydrogens is 540 g/mol. The van der Waals surface area contributed by atoms with E-state index in [1.807, 2.05) is 0 Å². The lowest BCUT2D eigenvalue weighted by Crippen LogP contribution is -2.49. The van der Waals surface area contributed by atoms with Gasteiger partial charge >= 0.3 is 6.18 Å². The lowest BCUT2D eigenvalue weighted by atomic mass is 9.84. The Hall–Kier alpha value is -1.92. The number of alkyl halides is 3. The number of halogens is 4. The molecule has 1 saturated carbocycles. The fourth-order valence-electron chi connectivity index (χ4n) is 3.75. The van der Waals surface area contributed by atoms with E-state index in [9.17, 15) is 18.0 Å². The Morgan fingerprint density at radius 3 is 2.38 bits per heavy atom. The van der Waals surface area contributed by atoms with Gasteiger partial charge in [0, 0.05) is 34.2 Å². The summed E-state index contributed by atoms with van der Waals surface area (Å²) in [5.41, 5.74) is 0.348. The summed E-state index contributed by atoms with van der Waals surface area (Å²) in [6.07, 6.45) is -0.699. The van der Waals surface area contributed by atoms with E-state index in [1.165, 1.54) is 13.2 Å². The fraction of sp³-hybridized carbons (Fsp3) is 0.619. The van der Waals surface area contributed by atoms with E-state index in [4.69, 9.17) is 9.47 Å². The molecule has 0 radical (unpaired) electrons. The van der Waals surface area contributed by atoms with Crippen molar-refractivity contribution in [2.75, 3.05) is 41.4 Å². The third kappa shape index (κ3) is 7.89. The lowest BCUT2D eigenvalue weighted by molar-refractivity contribution is -0.153. The van der Waals surface area contributed by atoms with Crippen molar-refractivity contribution in [3.63, 3.8) is 0 Å². The van der Waals surface area contributed by atoms with Crippen molar-refractivity contribution in [2.45, 2.75) is 38.4 Å². The van der Waals surface area contributed by atoms with E-state index >= 15 is 0 Å². The molecule has 1 aliphatic carbocycles. The van der Waals surface area contributed by atoms with E-state index in [-0.39, 0.29) is 41.4 Å². The van der Waals surface area contributed by atoms with Crippen LogP contribution in [0.2, 0.25) is 0 Å². The van der Waals surface area contributed by atoms with Gasteiger partial charge in [-0.3, -0.25) is 9.79 Å². The minimum Gasteiger partial charge on any atom is -0.493 e. The van der Waals surface area contributed by atoms with Crippen LogP contribution in [0.25, 0.3) is 0 Å². The van der Waals surface area contributed by atoms with Crippen LogP contribution >= 0.6 is 24.0 Å². The zero-order valence-electron chi connectivity index (χ0n) is 18.8. The first-order valence-electron chi connectivity index (χ1n) is 10.1. The van der Waals surface area contributed by atoms with Crippen LogP contribution in [0, 0.1) is 5.41 Å². The number of rotatable bonds is 8. The Bertz CT molecular complexity index is 782. The predicted octanol–water partition coefficient (Wildman–Crippen LogP) is 3.57. The molecule has 0 bridgehead atoms. The van der Waals surface area contributed by atoms with Crippen LogP contribution in [0.1, 0.15) is 31.2 Å². The average molecular weight is 572 g/mol. The molecule has 0 saturated heterocycles. The summed E-state index contributed by atoms with van der Waals surface area (Å²) in [6.45, 7) is -0.535. The SMILES string of the molecule is CN=C(NCc1ccc(OCC(F)(F)F)c(OC)c1)NCC1(C(=O)N(C)C)CCCC1.I.